The zero-order valence-corrected chi connectivity index (χ0v) is 14.0. The number of methoxy groups -OCH3 is 1. The van der Waals surface area contributed by atoms with E-state index >= 15 is 0 Å². The Bertz CT molecular complexity index is 574. The summed E-state index contributed by atoms with van der Waals surface area (Å²) in [6.07, 6.45) is 5.16. The molecule has 1 aliphatic rings. The number of rotatable bonds is 5. The lowest BCUT2D eigenvalue weighted by Crippen LogP contribution is -2.86. The first kappa shape index (κ1) is 17.3. The predicted molar refractivity (Wildman–Crippen MR) is 88.2 cm³/mol. The minimum absolute atomic E-state index is 0.0433. The molecule has 23 heavy (non-hydrogen) atoms. The normalized spacial score (nSPS) is 16.5. The van der Waals surface area contributed by atoms with Crippen molar-refractivity contribution in [2.45, 2.75) is 32.3 Å². The average Bonchev–Trinajstić information content (AvgIpc) is 2.53. The SMILES string of the molecule is COc1ccc(/C=C/C(=O)OC(C)(C)C2CC[NH2+]CC2)cc1O. The fourth-order valence-corrected chi connectivity index (χ4v) is 2.97. The topological polar surface area (TPSA) is 72.4 Å². The van der Waals surface area contributed by atoms with Crippen LogP contribution in [-0.4, -0.2) is 36.9 Å². The van der Waals surface area contributed by atoms with Crippen LogP contribution in [0.25, 0.3) is 6.08 Å². The molecule has 5 heteroatoms. The van der Waals surface area contributed by atoms with Crippen LogP contribution in [-0.2, 0) is 9.53 Å². The predicted octanol–water partition coefficient (Wildman–Crippen LogP) is 1.71. The largest absolute Gasteiger partial charge is 0.504 e. The molecule has 126 valence electrons. The van der Waals surface area contributed by atoms with E-state index in [0.717, 1.165) is 25.9 Å². The van der Waals surface area contributed by atoms with Gasteiger partial charge in [0.1, 0.15) is 5.60 Å². The maximum Gasteiger partial charge on any atom is 0.331 e. The highest BCUT2D eigenvalue weighted by molar-refractivity contribution is 5.87. The molecule has 5 nitrogen and oxygen atoms in total. The Balaban J connectivity index is 1.96. The van der Waals surface area contributed by atoms with E-state index in [1.165, 1.54) is 13.2 Å². The van der Waals surface area contributed by atoms with Gasteiger partial charge in [-0.15, -0.1) is 0 Å². The van der Waals surface area contributed by atoms with Crippen LogP contribution < -0.4 is 10.1 Å². The second-order valence-corrected chi connectivity index (χ2v) is 6.43. The smallest absolute Gasteiger partial charge is 0.331 e. The molecule has 0 bridgehead atoms. The summed E-state index contributed by atoms with van der Waals surface area (Å²) in [5.74, 6) is 0.483. The molecular formula is C18H26NO4+. The second-order valence-electron chi connectivity index (χ2n) is 6.43. The number of nitrogens with two attached hydrogens (primary N) is 1. The van der Waals surface area contributed by atoms with Crippen molar-refractivity contribution < 1.29 is 24.7 Å². The molecule has 1 heterocycles. The Kier molecular flexibility index (Phi) is 5.66. The fourth-order valence-electron chi connectivity index (χ4n) is 2.97. The summed E-state index contributed by atoms with van der Waals surface area (Å²) in [6.45, 7) is 6.14. The summed E-state index contributed by atoms with van der Waals surface area (Å²) in [5, 5.41) is 12.0. The van der Waals surface area contributed by atoms with Gasteiger partial charge in [-0.2, -0.15) is 0 Å². The molecule has 0 atom stereocenters. The first-order valence-corrected chi connectivity index (χ1v) is 8.02. The van der Waals surface area contributed by atoms with Gasteiger partial charge in [0.2, 0.25) is 0 Å². The number of hydrogen-bond acceptors (Lipinski definition) is 4. The van der Waals surface area contributed by atoms with E-state index in [1.54, 1.807) is 24.3 Å². The summed E-state index contributed by atoms with van der Waals surface area (Å²) in [6, 6.07) is 4.97. The number of ether oxygens (including phenoxy) is 2. The van der Waals surface area contributed by atoms with Crippen molar-refractivity contribution in [3.05, 3.63) is 29.8 Å². The van der Waals surface area contributed by atoms with Crippen molar-refractivity contribution in [3.63, 3.8) is 0 Å². The van der Waals surface area contributed by atoms with Gasteiger partial charge in [-0.3, -0.25) is 0 Å². The number of carbonyl (C=O) groups is 1. The van der Waals surface area contributed by atoms with Crippen LogP contribution >= 0.6 is 0 Å². The van der Waals surface area contributed by atoms with Gasteiger partial charge in [0, 0.05) is 24.8 Å². The number of carbonyl (C=O) groups excluding carboxylic acids is 1. The van der Waals surface area contributed by atoms with Crippen LogP contribution in [0.5, 0.6) is 11.5 Å². The van der Waals surface area contributed by atoms with Gasteiger partial charge >= 0.3 is 5.97 Å². The van der Waals surface area contributed by atoms with Crippen LogP contribution in [0.15, 0.2) is 24.3 Å². The molecule has 0 spiro atoms. The van der Waals surface area contributed by atoms with E-state index < -0.39 is 5.60 Å². The third-order valence-corrected chi connectivity index (χ3v) is 4.40. The van der Waals surface area contributed by atoms with E-state index in [9.17, 15) is 9.90 Å². The Morgan fingerprint density at radius 2 is 2.04 bits per heavy atom. The second kappa shape index (κ2) is 7.51. The minimum atomic E-state index is -0.461. The average molecular weight is 320 g/mol. The van der Waals surface area contributed by atoms with Crippen molar-refractivity contribution in [2.75, 3.05) is 20.2 Å². The van der Waals surface area contributed by atoms with Crippen LogP contribution in [0.3, 0.4) is 0 Å². The number of piperidine rings is 1. The van der Waals surface area contributed by atoms with Crippen molar-refractivity contribution in [3.8, 4) is 11.5 Å². The molecule has 1 aliphatic heterocycles. The number of phenolic OH excluding ortho intramolecular Hbond substituents is 1. The summed E-state index contributed by atoms with van der Waals surface area (Å²) in [4.78, 5) is 12.1. The van der Waals surface area contributed by atoms with Gasteiger partial charge in [0.05, 0.1) is 20.2 Å². The van der Waals surface area contributed by atoms with Gasteiger partial charge in [0.15, 0.2) is 11.5 Å². The maximum absolute atomic E-state index is 12.1. The molecule has 1 aromatic carbocycles. The maximum atomic E-state index is 12.1. The van der Waals surface area contributed by atoms with Gasteiger partial charge in [0.25, 0.3) is 0 Å². The molecule has 0 amide bonds. The zero-order valence-electron chi connectivity index (χ0n) is 14.0. The highest BCUT2D eigenvalue weighted by atomic mass is 16.6. The quantitative estimate of drug-likeness (QED) is 0.640. The third kappa shape index (κ3) is 4.73. The van der Waals surface area contributed by atoms with E-state index in [-0.39, 0.29) is 11.7 Å². The summed E-state index contributed by atoms with van der Waals surface area (Å²) in [5.41, 5.74) is 0.253. The summed E-state index contributed by atoms with van der Waals surface area (Å²) < 4.78 is 10.6. The van der Waals surface area contributed by atoms with Gasteiger partial charge in [-0.1, -0.05) is 6.07 Å². The lowest BCUT2D eigenvalue weighted by Gasteiger charge is -2.35. The number of esters is 1. The molecular weight excluding hydrogens is 294 g/mol. The van der Waals surface area contributed by atoms with Crippen molar-refractivity contribution in [1.82, 2.24) is 0 Å². The van der Waals surface area contributed by atoms with Gasteiger partial charge in [-0.25, -0.2) is 4.79 Å². The lowest BCUT2D eigenvalue weighted by molar-refractivity contribution is -0.665. The molecule has 1 aromatic rings. The standard InChI is InChI=1S/C18H25NO4/c1-18(2,14-8-10-19-11-9-14)23-17(21)7-5-13-4-6-16(22-3)15(20)12-13/h4-7,12,14,19-20H,8-11H2,1-3H3/p+1/b7-5+. The highest BCUT2D eigenvalue weighted by Crippen LogP contribution is 2.29. The lowest BCUT2D eigenvalue weighted by atomic mass is 9.83. The molecule has 0 aromatic heterocycles. The van der Waals surface area contributed by atoms with Crippen LogP contribution in [0.1, 0.15) is 32.3 Å². The fraction of sp³-hybridized carbons (Fsp3) is 0.500. The molecule has 3 N–H and O–H groups in total. The van der Waals surface area contributed by atoms with E-state index in [1.807, 2.05) is 13.8 Å². The van der Waals surface area contributed by atoms with Crippen molar-refractivity contribution >= 4 is 12.0 Å². The molecule has 0 unspecified atom stereocenters. The van der Waals surface area contributed by atoms with E-state index in [4.69, 9.17) is 9.47 Å². The highest BCUT2D eigenvalue weighted by Gasteiger charge is 2.34. The van der Waals surface area contributed by atoms with Gasteiger partial charge in [-0.05, 0) is 37.6 Å². The Hall–Kier alpha value is -2.01. The van der Waals surface area contributed by atoms with E-state index in [0.29, 0.717) is 17.2 Å². The van der Waals surface area contributed by atoms with E-state index in [2.05, 4.69) is 5.32 Å². The number of hydrogen-bond donors (Lipinski definition) is 2. The summed E-state index contributed by atoms with van der Waals surface area (Å²) >= 11 is 0. The third-order valence-electron chi connectivity index (χ3n) is 4.40. The Labute approximate surface area is 137 Å². The zero-order chi connectivity index (χ0) is 16.9. The molecule has 0 radical (unpaired) electrons. The van der Waals surface area contributed by atoms with Crippen molar-refractivity contribution in [2.24, 2.45) is 5.92 Å². The monoisotopic (exact) mass is 320 g/mol. The number of aromatic hydroxyl groups is 1. The van der Waals surface area contributed by atoms with Crippen LogP contribution in [0.2, 0.25) is 0 Å². The molecule has 0 aliphatic carbocycles. The van der Waals surface area contributed by atoms with Crippen LogP contribution in [0.4, 0.5) is 0 Å². The van der Waals surface area contributed by atoms with Crippen molar-refractivity contribution in [1.29, 1.82) is 0 Å². The first-order valence-electron chi connectivity index (χ1n) is 8.02. The number of benzene rings is 1. The number of phenols is 1. The van der Waals surface area contributed by atoms with Gasteiger partial charge < -0.3 is 19.9 Å². The molecule has 1 fully saturated rings. The summed E-state index contributed by atoms with van der Waals surface area (Å²) in [7, 11) is 1.49. The number of quaternary nitrogens is 1. The molecule has 2 rings (SSSR count). The van der Waals surface area contributed by atoms with Crippen LogP contribution in [0, 0.1) is 5.92 Å². The Morgan fingerprint density at radius 1 is 1.35 bits per heavy atom. The minimum Gasteiger partial charge on any atom is -0.504 e. The Morgan fingerprint density at radius 3 is 2.65 bits per heavy atom. The molecule has 0 saturated carbocycles. The molecule has 1 saturated heterocycles. The first-order chi connectivity index (χ1) is 10.9.